The second kappa shape index (κ2) is 7.54. The first kappa shape index (κ1) is 20.9. The topological polar surface area (TPSA) is 92.0 Å². The summed E-state index contributed by atoms with van der Waals surface area (Å²) in [5, 5.41) is 0.676. The van der Waals surface area contributed by atoms with Gasteiger partial charge in [-0.05, 0) is 26.0 Å². The first-order valence-electron chi connectivity index (χ1n) is 9.67. The highest BCUT2D eigenvalue weighted by Gasteiger charge is 2.49. The third-order valence-corrected chi connectivity index (χ3v) is 4.82. The van der Waals surface area contributed by atoms with E-state index in [1.165, 1.54) is 6.07 Å². The molecule has 2 heterocycles. The number of carbonyl (C=O) groups excluding carboxylic acids is 2. The fourth-order valence-corrected chi connectivity index (χ4v) is 3.13. The smallest absolute Gasteiger partial charge is 0.336 e. The van der Waals surface area contributed by atoms with Crippen molar-refractivity contribution in [2.45, 2.75) is 59.4 Å². The first-order valence-corrected chi connectivity index (χ1v) is 9.67. The number of carbonyl (C=O) groups is 2. The average Bonchev–Trinajstić information content (AvgIpc) is 2.97. The van der Waals surface area contributed by atoms with Crippen LogP contribution in [0.3, 0.4) is 0 Å². The van der Waals surface area contributed by atoms with Crippen LogP contribution < -0.4 is 10.4 Å². The molecule has 7 nitrogen and oxygen atoms in total. The van der Waals surface area contributed by atoms with Gasteiger partial charge in [-0.3, -0.25) is 9.59 Å². The van der Waals surface area contributed by atoms with Crippen molar-refractivity contribution in [2.75, 3.05) is 0 Å². The molecule has 0 unspecified atom stereocenters. The standard InChI is InChI=1S/C22H26O7/c1-11(2)20(24)28-18-14-9-13-7-8-17(23)26-15(13)10-16(14)27-19(18)22(5,6)29-21(25)12(3)4/h7-12,18-19H,1-6H3/t18-,19+/m1/s1. The predicted octanol–water partition coefficient (Wildman–Crippen LogP) is 3.77. The molecule has 0 fully saturated rings. The maximum atomic E-state index is 12.4. The molecule has 0 bridgehead atoms. The van der Waals surface area contributed by atoms with Gasteiger partial charge in [0.15, 0.2) is 12.2 Å². The summed E-state index contributed by atoms with van der Waals surface area (Å²) >= 11 is 0. The van der Waals surface area contributed by atoms with E-state index in [1.54, 1.807) is 59.7 Å². The Morgan fingerprint density at radius 2 is 1.69 bits per heavy atom. The zero-order valence-electron chi connectivity index (χ0n) is 17.5. The summed E-state index contributed by atoms with van der Waals surface area (Å²) < 4.78 is 22.7. The highest BCUT2D eigenvalue weighted by Crippen LogP contribution is 2.46. The molecule has 0 N–H and O–H groups in total. The Hall–Kier alpha value is -2.83. The van der Waals surface area contributed by atoms with E-state index in [-0.39, 0.29) is 23.8 Å². The Morgan fingerprint density at radius 1 is 1.03 bits per heavy atom. The highest BCUT2D eigenvalue weighted by atomic mass is 16.6. The Kier molecular flexibility index (Phi) is 5.43. The summed E-state index contributed by atoms with van der Waals surface area (Å²) in [5.41, 5.74) is -0.544. The maximum Gasteiger partial charge on any atom is 0.336 e. The van der Waals surface area contributed by atoms with Gasteiger partial charge in [-0.2, -0.15) is 0 Å². The van der Waals surface area contributed by atoms with Crippen molar-refractivity contribution >= 4 is 22.9 Å². The number of fused-ring (bicyclic) bond motifs is 2. The molecular weight excluding hydrogens is 376 g/mol. The number of rotatable bonds is 5. The molecule has 0 saturated heterocycles. The van der Waals surface area contributed by atoms with Gasteiger partial charge in [0.1, 0.15) is 16.9 Å². The molecule has 2 aromatic rings. The van der Waals surface area contributed by atoms with Gasteiger partial charge >= 0.3 is 17.6 Å². The van der Waals surface area contributed by atoms with Crippen LogP contribution in [0.15, 0.2) is 33.5 Å². The minimum Gasteiger partial charge on any atom is -0.481 e. The van der Waals surface area contributed by atoms with E-state index < -0.39 is 23.4 Å². The summed E-state index contributed by atoms with van der Waals surface area (Å²) in [7, 11) is 0. The highest BCUT2D eigenvalue weighted by molar-refractivity contribution is 5.80. The molecule has 0 radical (unpaired) electrons. The third kappa shape index (κ3) is 4.13. The van der Waals surface area contributed by atoms with Gasteiger partial charge in [-0.1, -0.05) is 27.7 Å². The predicted molar refractivity (Wildman–Crippen MR) is 106 cm³/mol. The van der Waals surface area contributed by atoms with Crippen molar-refractivity contribution in [1.82, 2.24) is 0 Å². The van der Waals surface area contributed by atoms with E-state index in [0.29, 0.717) is 22.3 Å². The fraction of sp³-hybridized carbons (Fsp3) is 0.500. The van der Waals surface area contributed by atoms with Gasteiger partial charge in [0, 0.05) is 23.1 Å². The molecule has 29 heavy (non-hydrogen) atoms. The largest absolute Gasteiger partial charge is 0.481 e. The van der Waals surface area contributed by atoms with Crippen LogP contribution in [0.4, 0.5) is 0 Å². The molecule has 1 aliphatic rings. The molecule has 1 aliphatic heterocycles. The van der Waals surface area contributed by atoms with Crippen LogP contribution in [0.2, 0.25) is 0 Å². The number of ether oxygens (including phenoxy) is 3. The van der Waals surface area contributed by atoms with E-state index in [0.717, 1.165) is 0 Å². The van der Waals surface area contributed by atoms with Crippen LogP contribution >= 0.6 is 0 Å². The summed E-state index contributed by atoms with van der Waals surface area (Å²) in [6.07, 6.45) is -1.53. The number of esters is 2. The van der Waals surface area contributed by atoms with Crippen molar-refractivity contribution in [2.24, 2.45) is 11.8 Å². The normalized spacial score (nSPS) is 18.6. The lowest BCUT2D eigenvalue weighted by atomic mass is 9.93. The van der Waals surface area contributed by atoms with Gasteiger partial charge in [0.05, 0.1) is 11.8 Å². The zero-order valence-corrected chi connectivity index (χ0v) is 17.5. The maximum absolute atomic E-state index is 12.4. The van der Waals surface area contributed by atoms with Gasteiger partial charge in [0.2, 0.25) is 0 Å². The minimum absolute atomic E-state index is 0.313. The molecule has 0 spiro atoms. The lowest BCUT2D eigenvalue weighted by Crippen LogP contribution is -2.47. The van der Waals surface area contributed by atoms with E-state index in [9.17, 15) is 14.4 Å². The summed E-state index contributed by atoms with van der Waals surface area (Å²) in [5.74, 6) is -0.986. The molecule has 0 aliphatic carbocycles. The van der Waals surface area contributed by atoms with Crippen LogP contribution in [0.1, 0.15) is 53.2 Å². The SMILES string of the molecule is CC(C)C(=O)O[C@@H]1c2cc3ccc(=O)oc3cc2O[C@@H]1C(C)(C)OC(=O)C(C)C. The molecule has 0 amide bonds. The van der Waals surface area contributed by atoms with E-state index >= 15 is 0 Å². The molecule has 1 aromatic heterocycles. The first-order chi connectivity index (χ1) is 13.5. The molecule has 3 rings (SSSR count). The molecule has 7 heteroatoms. The van der Waals surface area contributed by atoms with Crippen LogP contribution in [0.25, 0.3) is 11.0 Å². The lowest BCUT2D eigenvalue weighted by molar-refractivity contribution is -0.181. The van der Waals surface area contributed by atoms with Crippen molar-refractivity contribution in [3.8, 4) is 5.75 Å². The van der Waals surface area contributed by atoms with E-state index in [4.69, 9.17) is 18.6 Å². The Labute approximate surface area is 168 Å². The number of hydrogen-bond donors (Lipinski definition) is 0. The summed E-state index contributed by atoms with van der Waals surface area (Å²) in [6, 6.07) is 6.33. The van der Waals surface area contributed by atoms with Crippen molar-refractivity contribution in [3.05, 3.63) is 40.2 Å². The molecule has 156 valence electrons. The van der Waals surface area contributed by atoms with Crippen LogP contribution in [0, 0.1) is 11.8 Å². The fourth-order valence-electron chi connectivity index (χ4n) is 3.13. The third-order valence-electron chi connectivity index (χ3n) is 4.82. The van der Waals surface area contributed by atoms with Gasteiger partial charge < -0.3 is 18.6 Å². The Bertz CT molecular complexity index is 1000. The molecular formula is C22H26O7. The Morgan fingerprint density at radius 3 is 2.31 bits per heavy atom. The van der Waals surface area contributed by atoms with Crippen molar-refractivity contribution in [3.63, 3.8) is 0 Å². The quantitative estimate of drug-likeness (QED) is 0.555. The average molecular weight is 402 g/mol. The van der Waals surface area contributed by atoms with E-state index in [1.807, 2.05) is 0 Å². The molecule has 1 aromatic carbocycles. The van der Waals surface area contributed by atoms with Crippen LogP contribution in [-0.4, -0.2) is 23.6 Å². The zero-order chi connectivity index (χ0) is 21.5. The van der Waals surface area contributed by atoms with Gasteiger partial charge in [-0.15, -0.1) is 0 Å². The lowest BCUT2D eigenvalue weighted by Gasteiger charge is -2.34. The van der Waals surface area contributed by atoms with Crippen LogP contribution in [0.5, 0.6) is 5.75 Å². The van der Waals surface area contributed by atoms with Crippen molar-refractivity contribution in [1.29, 1.82) is 0 Å². The molecule has 0 saturated carbocycles. The molecule has 2 atom stereocenters. The minimum atomic E-state index is -1.07. The summed E-state index contributed by atoms with van der Waals surface area (Å²) in [4.78, 5) is 36.1. The van der Waals surface area contributed by atoms with Crippen molar-refractivity contribution < 1.29 is 28.2 Å². The van der Waals surface area contributed by atoms with Gasteiger partial charge in [-0.25, -0.2) is 4.79 Å². The number of benzene rings is 1. The second-order valence-electron chi connectivity index (χ2n) is 8.41. The van der Waals surface area contributed by atoms with Crippen LogP contribution in [-0.2, 0) is 19.1 Å². The van der Waals surface area contributed by atoms with Gasteiger partial charge in [0.25, 0.3) is 0 Å². The monoisotopic (exact) mass is 402 g/mol. The van der Waals surface area contributed by atoms with E-state index in [2.05, 4.69) is 0 Å². The second-order valence-corrected chi connectivity index (χ2v) is 8.41. The Balaban J connectivity index is 2.05. The number of hydrogen-bond acceptors (Lipinski definition) is 7. The summed E-state index contributed by atoms with van der Waals surface area (Å²) in [6.45, 7) is 10.4.